The number of anilines is 1. The van der Waals surface area contributed by atoms with E-state index in [1.165, 1.54) is 4.90 Å². The van der Waals surface area contributed by atoms with Crippen LogP contribution in [0.1, 0.15) is 12.0 Å². The quantitative estimate of drug-likeness (QED) is 0.681. The molecular weight excluding hydrogens is 410 g/mol. The van der Waals surface area contributed by atoms with Gasteiger partial charge in [0.1, 0.15) is 11.8 Å². The summed E-state index contributed by atoms with van der Waals surface area (Å²) in [6.45, 7) is 0.542. The first kappa shape index (κ1) is 21.1. The Morgan fingerprint density at radius 1 is 1.17 bits per heavy atom. The van der Waals surface area contributed by atoms with Crippen molar-refractivity contribution >= 4 is 46.4 Å². The Hall–Kier alpha value is -2.64. The van der Waals surface area contributed by atoms with Gasteiger partial charge in [-0.2, -0.15) is 0 Å². The Morgan fingerprint density at radius 3 is 2.45 bits per heavy atom. The Kier molecular flexibility index (Phi) is 6.71. The second kappa shape index (κ2) is 9.24. The standard InChI is InChI=1S/C21H22ClN3O3S/c1-24-20(27)18(13-19(26)23-16-7-5-15(22)6-8-16)25(21(24)29)12-11-14-3-9-17(28-2)10-4-14/h3-10,18H,11-13H2,1-2H3,(H,23,26). The first-order chi connectivity index (χ1) is 13.9. The molecule has 2 amide bonds. The topological polar surface area (TPSA) is 61.9 Å². The third-order valence-electron chi connectivity index (χ3n) is 4.83. The summed E-state index contributed by atoms with van der Waals surface area (Å²) in [6, 6.07) is 14.0. The van der Waals surface area contributed by atoms with Crippen molar-refractivity contribution in [2.45, 2.75) is 18.9 Å². The molecule has 1 fully saturated rings. The van der Waals surface area contributed by atoms with Crippen molar-refractivity contribution < 1.29 is 14.3 Å². The lowest BCUT2D eigenvalue weighted by Gasteiger charge is -2.23. The number of halogens is 1. The molecule has 3 rings (SSSR count). The average Bonchev–Trinajstić information content (AvgIpc) is 2.92. The van der Waals surface area contributed by atoms with E-state index in [-0.39, 0.29) is 18.2 Å². The van der Waals surface area contributed by atoms with Gasteiger partial charge in [-0.25, -0.2) is 0 Å². The predicted molar refractivity (Wildman–Crippen MR) is 117 cm³/mol. The van der Waals surface area contributed by atoms with E-state index >= 15 is 0 Å². The van der Waals surface area contributed by atoms with Gasteiger partial charge >= 0.3 is 0 Å². The molecule has 2 aromatic rings. The van der Waals surface area contributed by atoms with E-state index in [1.54, 1.807) is 38.4 Å². The van der Waals surface area contributed by atoms with Gasteiger partial charge in [-0.1, -0.05) is 23.7 Å². The summed E-state index contributed by atoms with van der Waals surface area (Å²) < 4.78 is 5.17. The summed E-state index contributed by atoms with van der Waals surface area (Å²) in [7, 11) is 3.26. The monoisotopic (exact) mass is 431 g/mol. The van der Waals surface area contributed by atoms with Crippen molar-refractivity contribution in [3.8, 4) is 5.75 Å². The van der Waals surface area contributed by atoms with Crippen LogP contribution in [-0.2, 0) is 16.0 Å². The number of benzene rings is 2. The van der Waals surface area contributed by atoms with Crippen LogP contribution < -0.4 is 10.1 Å². The number of amides is 2. The number of nitrogens with zero attached hydrogens (tertiary/aromatic N) is 2. The molecule has 2 aromatic carbocycles. The zero-order valence-electron chi connectivity index (χ0n) is 16.2. The molecule has 8 heteroatoms. The molecule has 1 heterocycles. The van der Waals surface area contributed by atoms with Crippen molar-refractivity contribution in [2.24, 2.45) is 0 Å². The van der Waals surface area contributed by atoms with Crippen LogP contribution in [0.4, 0.5) is 5.69 Å². The van der Waals surface area contributed by atoms with Gasteiger partial charge < -0.3 is 15.0 Å². The number of hydrogen-bond donors (Lipinski definition) is 1. The highest BCUT2D eigenvalue weighted by molar-refractivity contribution is 7.80. The van der Waals surface area contributed by atoms with Crippen molar-refractivity contribution in [1.29, 1.82) is 0 Å². The highest BCUT2D eigenvalue weighted by atomic mass is 35.5. The minimum Gasteiger partial charge on any atom is -0.497 e. The van der Waals surface area contributed by atoms with Gasteiger partial charge in [-0.15, -0.1) is 0 Å². The number of carbonyl (C=O) groups excluding carboxylic acids is 2. The fourth-order valence-corrected chi connectivity index (χ4v) is 3.62. The van der Waals surface area contributed by atoms with Gasteiger partial charge in [0.05, 0.1) is 13.5 Å². The zero-order valence-corrected chi connectivity index (χ0v) is 17.8. The fourth-order valence-electron chi connectivity index (χ4n) is 3.19. The molecule has 1 atom stereocenters. The van der Waals surface area contributed by atoms with Crippen LogP contribution in [0.5, 0.6) is 5.75 Å². The summed E-state index contributed by atoms with van der Waals surface area (Å²) in [5.74, 6) is 0.367. The normalized spacial score (nSPS) is 16.3. The summed E-state index contributed by atoms with van der Waals surface area (Å²) in [5.41, 5.74) is 1.73. The second-order valence-corrected chi connectivity index (χ2v) is 7.55. The smallest absolute Gasteiger partial charge is 0.251 e. The first-order valence-electron chi connectivity index (χ1n) is 9.15. The minimum absolute atomic E-state index is 0.0224. The molecule has 1 unspecified atom stereocenters. The maximum atomic E-state index is 12.6. The van der Waals surface area contributed by atoms with Crippen LogP contribution in [0.2, 0.25) is 5.02 Å². The van der Waals surface area contributed by atoms with Crippen molar-refractivity contribution in [1.82, 2.24) is 9.80 Å². The van der Waals surface area contributed by atoms with E-state index in [0.717, 1.165) is 11.3 Å². The molecule has 29 heavy (non-hydrogen) atoms. The van der Waals surface area contributed by atoms with E-state index in [9.17, 15) is 9.59 Å². The number of nitrogens with one attached hydrogen (secondary N) is 1. The van der Waals surface area contributed by atoms with Gasteiger partial charge in [0.15, 0.2) is 5.11 Å². The van der Waals surface area contributed by atoms with E-state index < -0.39 is 6.04 Å². The second-order valence-electron chi connectivity index (χ2n) is 6.75. The molecule has 152 valence electrons. The molecule has 0 spiro atoms. The Balaban J connectivity index is 1.65. The molecule has 0 bridgehead atoms. The van der Waals surface area contributed by atoms with E-state index in [1.807, 2.05) is 29.2 Å². The Morgan fingerprint density at radius 2 is 1.83 bits per heavy atom. The van der Waals surface area contributed by atoms with Gasteiger partial charge in [0.25, 0.3) is 5.91 Å². The van der Waals surface area contributed by atoms with Gasteiger partial charge in [0.2, 0.25) is 5.91 Å². The van der Waals surface area contributed by atoms with E-state index in [0.29, 0.717) is 28.8 Å². The van der Waals surface area contributed by atoms with Crippen LogP contribution in [0.25, 0.3) is 0 Å². The maximum absolute atomic E-state index is 12.6. The number of thiocarbonyl (C=S) groups is 1. The number of ether oxygens (including phenoxy) is 1. The SMILES string of the molecule is COc1ccc(CCN2C(=S)N(C)C(=O)C2CC(=O)Nc2ccc(Cl)cc2)cc1. The first-order valence-corrected chi connectivity index (χ1v) is 9.94. The molecule has 6 nitrogen and oxygen atoms in total. The lowest BCUT2D eigenvalue weighted by molar-refractivity contribution is -0.130. The number of likely N-dealkylation sites (N-methyl/N-ethyl adjacent to an activating group) is 1. The molecule has 1 N–H and O–H groups in total. The lowest BCUT2D eigenvalue weighted by Crippen LogP contribution is -2.39. The van der Waals surface area contributed by atoms with Gasteiger partial charge in [-0.05, 0) is 60.6 Å². The molecular formula is C21H22ClN3O3S. The van der Waals surface area contributed by atoms with Crippen molar-refractivity contribution in [2.75, 3.05) is 26.0 Å². The van der Waals surface area contributed by atoms with E-state index in [2.05, 4.69) is 5.32 Å². The number of hydrogen-bond acceptors (Lipinski definition) is 4. The molecule has 1 saturated heterocycles. The highest BCUT2D eigenvalue weighted by Gasteiger charge is 2.41. The molecule has 1 aliphatic rings. The summed E-state index contributed by atoms with van der Waals surface area (Å²) in [4.78, 5) is 28.4. The van der Waals surface area contributed by atoms with Gasteiger partial charge in [0, 0.05) is 24.3 Å². The third-order valence-corrected chi connectivity index (χ3v) is 5.59. The average molecular weight is 432 g/mol. The number of methoxy groups -OCH3 is 1. The summed E-state index contributed by atoms with van der Waals surface area (Å²) >= 11 is 11.3. The van der Waals surface area contributed by atoms with Crippen LogP contribution in [0.15, 0.2) is 48.5 Å². The zero-order chi connectivity index (χ0) is 21.0. The number of rotatable bonds is 7. The lowest BCUT2D eigenvalue weighted by atomic mass is 10.1. The molecule has 0 saturated carbocycles. The minimum atomic E-state index is -0.613. The van der Waals surface area contributed by atoms with Crippen molar-refractivity contribution in [3.05, 3.63) is 59.1 Å². The van der Waals surface area contributed by atoms with Crippen molar-refractivity contribution in [3.63, 3.8) is 0 Å². The van der Waals surface area contributed by atoms with E-state index in [4.69, 9.17) is 28.6 Å². The molecule has 0 aliphatic carbocycles. The Bertz CT molecular complexity index is 902. The van der Waals surface area contributed by atoms with Crippen LogP contribution in [-0.4, -0.2) is 53.5 Å². The molecule has 0 radical (unpaired) electrons. The van der Waals surface area contributed by atoms with Gasteiger partial charge in [-0.3, -0.25) is 14.5 Å². The maximum Gasteiger partial charge on any atom is 0.251 e. The number of carbonyl (C=O) groups is 2. The largest absolute Gasteiger partial charge is 0.497 e. The van der Waals surface area contributed by atoms with Crippen LogP contribution in [0, 0.1) is 0 Å². The summed E-state index contributed by atoms with van der Waals surface area (Å²) in [6.07, 6.45) is 0.717. The Labute approximate surface area is 180 Å². The van der Waals surface area contributed by atoms with Crippen LogP contribution >= 0.6 is 23.8 Å². The molecule has 1 aliphatic heterocycles. The highest BCUT2D eigenvalue weighted by Crippen LogP contribution is 2.22. The molecule has 0 aromatic heterocycles. The van der Waals surface area contributed by atoms with Crippen LogP contribution in [0.3, 0.4) is 0 Å². The summed E-state index contributed by atoms with van der Waals surface area (Å²) in [5, 5.41) is 3.83. The fraction of sp³-hybridized carbons (Fsp3) is 0.286. The predicted octanol–water partition coefficient (Wildman–Crippen LogP) is 3.35. The third kappa shape index (κ3) is 5.05.